The maximum atomic E-state index is 12.5. The van der Waals surface area contributed by atoms with Gasteiger partial charge in [0, 0.05) is 5.92 Å². The second-order valence-corrected chi connectivity index (χ2v) is 10.2. The summed E-state index contributed by atoms with van der Waals surface area (Å²) in [6, 6.07) is 0. The Morgan fingerprint density at radius 3 is 2.57 bits per heavy atom. The highest BCUT2D eigenvalue weighted by Gasteiger charge is 2.57. The maximum Gasteiger partial charge on any atom is 0.147 e. The Bertz CT molecular complexity index is 474. The highest BCUT2D eigenvalue weighted by molar-refractivity contribution is 9.09. The first-order chi connectivity index (χ1) is 11.0. The Hall–Kier alpha value is 0.150. The number of carbonyl (C=O) groups is 1. The quantitative estimate of drug-likeness (QED) is 0.548. The Kier molecular flexibility index (Phi) is 4.44. The third kappa shape index (κ3) is 2.57. The summed E-state index contributed by atoms with van der Waals surface area (Å²) in [5.41, 5.74) is 0.320. The van der Waals surface area contributed by atoms with Gasteiger partial charge in [-0.3, -0.25) is 4.79 Å². The predicted molar refractivity (Wildman–Crippen MR) is 98.6 cm³/mol. The van der Waals surface area contributed by atoms with Gasteiger partial charge in [-0.25, -0.2) is 0 Å². The number of fused-ring (bicyclic) bond motifs is 5. The maximum absolute atomic E-state index is 12.5. The summed E-state index contributed by atoms with van der Waals surface area (Å²) in [6.07, 6.45) is 12.7. The molecule has 4 saturated carbocycles. The van der Waals surface area contributed by atoms with E-state index < -0.39 is 0 Å². The minimum atomic E-state index is 0.320. The second-order valence-electron chi connectivity index (χ2n) is 9.63. The molecule has 0 aromatic carbocycles. The fraction of sp³-hybridized carbons (Fsp3) is 0.952. The standard InChI is InChI=1S/C21H33BrO/c1-13-3-5-15-14(11-13)4-6-17-16(15)9-10-21(2)18(17)7-8-19(21)20(23)12-22/h13-19H,3-12H2,1-2H3/t13?,14?,15?,16?,17?,18?,19-,21?/m1/s1. The largest absolute Gasteiger partial charge is 0.298 e. The van der Waals surface area contributed by atoms with E-state index in [1.807, 2.05) is 0 Å². The number of Topliss-reactive ketones (excluding diaryl/α,β-unsaturated/α-hetero) is 1. The fourth-order valence-electron chi connectivity index (χ4n) is 7.71. The molecule has 7 unspecified atom stereocenters. The van der Waals surface area contributed by atoms with Crippen molar-refractivity contribution in [2.45, 2.75) is 71.6 Å². The van der Waals surface area contributed by atoms with Crippen LogP contribution in [-0.4, -0.2) is 11.1 Å². The SMILES string of the molecule is CC1CCC2C(CCC3C2CCC2(C)C3CC[C@@H]2C(=O)CBr)C1. The van der Waals surface area contributed by atoms with Gasteiger partial charge in [-0.1, -0.05) is 36.2 Å². The number of hydrogen-bond donors (Lipinski definition) is 0. The van der Waals surface area contributed by atoms with E-state index in [0.717, 1.165) is 35.5 Å². The van der Waals surface area contributed by atoms with Crippen molar-refractivity contribution >= 4 is 21.7 Å². The summed E-state index contributed by atoms with van der Waals surface area (Å²) in [7, 11) is 0. The van der Waals surface area contributed by atoms with E-state index >= 15 is 0 Å². The molecule has 0 heterocycles. The zero-order valence-electron chi connectivity index (χ0n) is 14.9. The minimum Gasteiger partial charge on any atom is -0.298 e. The Balaban J connectivity index is 1.55. The van der Waals surface area contributed by atoms with Gasteiger partial charge in [0.05, 0.1) is 5.33 Å². The van der Waals surface area contributed by atoms with Crippen molar-refractivity contribution in [3.8, 4) is 0 Å². The monoisotopic (exact) mass is 380 g/mol. The van der Waals surface area contributed by atoms with E-state index in [4.69, 9.17) is 0 Å². The summed E-state index contributed by atoms with van der Waals surface area (Å²) < 4.78 is 0. The lowest BCUT2D eigenvalue weighted by atomic mass is 9.49. The topological polar surface area (TPSA) is 17.1 Å². The average molecular weight is 381 g/mol. The van der Waals surface area contributed by atoms with E-state index in [9.17, 15) is 4.79 Å². The molecule has 0 N–H and O–H groups in total. The van der Waals surface area contributed by atoms with Crippen LogP contribution in [0.5, 0.6) is 0 Å². The van der Waals surface area contributed by atoms with Crippen LogP contribution in [0.2, 0.25) is 0 Å². The molecule has 0 aromatic rings. The van der Waals surface area contributed by atoms with Crippen molar-refractivity contribution in [2.24, 2.45) is 46.8 Å². The Morgan fingerprint density at radius 1 is 1.00 bits per heavy atom. The Morgan fingerprint density at radius 2 is 1.78 bits per heavy atom. The molecule has 4 aliphatic rings. The van der Waals surface area contributed by atoms with Crippen LogP contribution in [0.4, 0.5) is 0 Å². The van der Waals surface area contributed by atoms with Crippen molar-refractivity contribution in [1.82, 2.24) is 0 Å². The van der Waals surface area contributed by atoms with Gasteiger partial charge in [-0.15, -0.1) is 0 Å². The summed E-state index contributed by atoms with van der Waals surface area (Å²) in [6.45, 7) is 4.94. The first-order valence-corrected chi connectivity index (χ1v) is 11.3. The lowest BCUT2D eigenvalue weighted by molar-refractivity contribution is -0.127. The number of rotatable bonds is 2. The number of alkyl halides is 1. The zero-order chi connectivity index (χ0) is 16.2. The third-order valence-electron chi connectivity index (χ3n) is 8.74. The van der Waals surface area contributed by atoms with Gasteiger partial charge >= 0.3 is 0 Å². The fourth-order valence-corrected chi connectivity index (χ4v) is 8.10. The van der Waals surface area contributed by atoms with Gasteiger partial charge in [0.2, 0.25) is 0 Å². The zero-order valence-corrected chi connectivity index (χ0v) is 16.5. The van der Waals surface area contributed by atoms with Crippen molar-refractivity contribution in [3.05, 3.63) is 0 Å². The molecule has 0 aliphatic heterocycles. The van der Waals surface area contributed by atoms with Crippen LogP contribution in [0.3, 0.4) is 0 Å². The molecule has 0 bridgehead atoms. The number of halogens is 1. The molecule has 0 saturated heterocycles. The lowest BCUT2D eigenvalue weighted by Crippen LogP contribution is -2.49. The van der Waals surface area contributed by atoms with Gasteiger partial charge in [0.15, 0.2) is 0 Å². The van der Waals surface area contributed by atoms with Crippen molar-refractivity contribution in [1.29, 1.82) is 0 Å². The molecular weight excluding hydrogens is 348 g/mol. The van der Waals surface area contributed by atoms with Crippen LogP contribution in [0, 0.1) is 46.8 Å². The molecule has 1 nitrogen and oxygen atoms in total. The number of carbonyl (C=O) groups excluding carboxylic acids is 1. The molecule has 4 rings (SSSR count). The molecule has 2 heteroatoms. The molecule has 0 spiro atoms. The van der Waals surface area contributed by atoms with Crippen LogP contribution in [0.15, 0.2) is 0 Å². The molecule has 8 atom stereocenters. The number of hydrogen-bond acceptors (Lipinski definition) is 1. The first-order valence-electron chi connectivity index (χ1n) is 10.1. The van der Waals surface area contributed by atoms with Crippen LogP contribution in [0.25, 0.3) is 0 Å². The van der Waals surface area contributed by atoms with Crippen molar-refractivity contribution in [3.63, 3.8) is 0 Å². The molecule has 23 heavy (non-hydrogen) atoms. The summed E-state index contributed by atoms with van der Waals surface area (Å²) in [4.78, 5) is 12.5. The average Bonchev–Trinajstić information content (AvgIpc) is 2.90. The molecule has 0 radical (unpaired) electrons. The normalized spacial score (nSPS) is 52.4. The Labute approximate surface area is 150 Å². The van der Waals surface area contributed by atoms with E-state index in [-0.39, 0.29) is 0 Å². The van der Waals surface area contributed by atoms with E-state index in [2.05, 4.69) is 29.8 Å². The van der Waals surface area contributed by atoms with Gasteiger partial charge in [-0.05, 0) is 92.3 Å². The first kappa shape index (κ1) is 16.6. The molecule has 130 valence electrons. The molecule has 4 fully saturated rings. The van der Waals surface area contributed by atoms with Crippen LogP contribution in [-0.2, 0) is 4.79 Å². The van der Waals surface area contributed by atoms with Crippen LogP contribution < -0.4 is 0 Å². The van der Waals surface area contributed by atoms with Gasteiger partial charge in [-0.2, -0.15) is 0 Å². The van der Waals surface area contributed by atoms with Crippen molar-refractivity contribution in [2.75, 3.05) is 5.33 Å². The highest BCUT2D eigenvalue weighted by atomic mass is 79.9. The smallest absolute Gasteiger partial charge is 0.147 e. The minimum absolute atomic E-state index is 0.320. The number of ketones is 1. The predicted octanol–water partition coefficient (Wildman–Crippen LogP) is 5.86. The van der Waals surface area contributed by atoms with E-state index in [1.165, 1.54) is 57.8 Å². The third-order valence-corrected chi connectivity index (χ3v) is 9.29. The van der Waals surface area contributed by atoms with Gasteiger partial charge < -0.3 is 0 Å². The summed E-state index contributed by atoms with van der Waals surface area (Å²) in [5, 5.41) is 0.566. The van der Waals surface area contributed by atoms with E-state index in [1.54, 1.807) is 0 Å². The lowest BCUT2D eigenvalue weighted by Gasteiger charge is -2.56. The van der Waals surface area contributed by atoms with Gasteiger partial charge in [0.1, 0.15) is 5.78 Å². The molecule has 0 amide bonds. The summed E-state index contributed by atoms with van der Waals surface area (Å²) >= 11 is 3.44. The van der Waals surface area contributed by atoms with Crippen molar-refractivity contribution < 1.29 is 4.79 Å². The van der Waals surface area contributed by atoms with Crippen LogP contribution in [0.1, 0.15) is 71.6 Å². The molecular formula is C21H33BrO. The van der Waals surface area contributed by atoms with E-state index in [0.29, 0.717) is 22.4 Å². The highest BCUT2D eigenvalue weighted by Crippen LogP contribution is 2.64. The van der Waals surface area contributed by atoms with Gasteiger partial charge in [0.25, 0.3) is 0 Å². The molecule has 4 aliphatic carbocycles. The molecule has 0 aromatic heterocycles. The summed E-state index contributed by atoms with van der Waals surface area (Å²) in [5.74, 6) is 6.63. The van der Waals surface area contributed by atoms with Crippen LogP contribution >= 0.6 is 15.9 Å². The second kappa shape index (κ2) is 6.15.